The Balaban J connectivity index is 1.40. The molecule has 6 rings (SSSR count). The molecule has 3 aromatic rings. The first-order chi connectivity index (χ1) is 14.3. The lowest BCUT2D eigenvalue weighted by molar-refractivity contribution is -0.113. The normalized spacial score (nSPS) is 20.7. The number of para-hydroxylation sites is 1. The van der Waals surface area contributed by atoms with E-state index in [2.05, 4.69) is 58.9 Å². The number of rotatable bonds is 2. The SMILES string of the molecule is O=C(Nc1cccc2cccnc12)C1=CC=C2C=Cc3cccc4c3C2C1C=C4. The minimum atomic E-state index is -0.0661. The number of amides is 1. The summed E-state index contributed by atoms with van der Waals surface area (Å²) in [4.78, 5) is 17.8. The van der Waals surface area contributed by atoms with E-state index in [0.717, 1.165) is 22.2 Å². The van der Waals surface area contributed by atoms with E-state index in [1.165, 1.54) is 22.3 Å². The maximum absolute atomic E-state index is 13.3. The molecule has 1 N–H and O–H groups in total. The predicted octanol–water partition coefficient (Wildman–Crippen LogP) is 5.49. The van der Waals surface area contributed by atoms with Crippen molar-refractivity contribution in [3.8, 4) is 0 Å². The topological polar surface area (TPSA) is 42.0 Å². The van der Waals surface area contributed by atoms with Crippen molar-refractivity contribution in [1.29, 1.82) is 0 Å². The van der Waals surface area contributed by atoms with Crippen LogP contribution in [0, 0.1) is 5.92 Å². The summed E-state index contributed by atoms with van der Waals surface area (Å²) in [6.45, 7) is 0. The first-order valence-electron chi connectivity index (χ1n) is 9.86. The number of carbonyl (C=O) groups excluding carboxylic acids is 1. The van der Waals surface area contributed by atoms with E-state index in [1.807, 2.05) is 36.4 Å². The highest BCUT2D eigenvalue weighted by molar-refractivity contribution is 6.09. The minimum absolute atomic E-state index is 0.0385. The summed E-state index contributed by atoms with van der Waals surface area (Å²) in [5.41, 5.74) is 7.44. The number of allylic oxidation sites excluding steroid dienone is 5. The Morgan fingerprint density at radius 3 is 2.66 bits per heavy atom. The Bertz CT molecular complexity index is 1300. The third kappa shape index (κ3) is 2.44. The Morgan fingerprint density at radius 2 is 1.72 bits per heavy atom. The van der Waals surface area contributed by atoms with Crippen LogP contribution < -0.4 is 5.32 Å². The number of hydrogen-bond acceptors (Lipinski definition) is 2. The molecule has 0 spiro atoms. The van der Waals surface area contributed by atoms with E-state index in [9.17, 15) is 4.79 Å². The summed E-state index contributed by atoms with van der Waals surface area (Å²) in [6.07, 6.45) is 14.5. The number of pyridine rings is 1. The third-order valence-electron chi connectivity index (χ3n) is 6.10. The monoisotopic (exact) mass is 374 g/mol. The van der Waals surface area contributed by atoms with Crippen LogP contribution in [0.4, 0.5) is 5.69 Å². The zero-order chi connectivity index (χ0) is 19.4. The van der Waals surface area contributed by atoms with Gasteiger partial charge in [0.05, 0.1) is 11.2 Å². The van der Waals surface area contributed by atoms with E-state index in [4.69, 9.17) is 0 Å². The smallest absolute Gasteiger partial charge is 0.252 e. The van der Waals surface area contributed by atoms with Crippen molar-refractivity contribution in [3.63, 3.8) is 0 Å². The van der Waals surface area contributed by atoms with Crippen LogP contribution in [0.3, 0.4) is 0 Å². The van der Waals surface area contributed by atoms with Crippen LogP contribution in [-0.2, 0) is 4.79 Å². The van der Waals surface area contributed by atoms with E-state index in [1.54, 1.807) is 6.20 Å². The average molecular weight is 374 g/mol. The second-order valence-electron chi connectivity index (χ2n) is 7.67. The highest BCUT2D eigenvalue weighted by Crippen LogP contribution is 2.49. The molecule has 29 heavy (non-hydrogen) atoms. The number of fused-ring (bicyclic) bond motifs is 1. The summed E-state index contributed by atoms with van der Waals surface area (Å²) < 4.78 is 0. The zero-order valence-corrected chi connectivity index (χ0v) is 15.7. The number of anilines is 1. The van der Waals surface area contributed by atoms with Gasteiger partial charge >= 0.3 is 0 Å². The largest absolute Gasteiger partial charge is 0.320 e. The van der Waals surface area contributed by atoms with Gasteiger partial charge in [-0.2, -0.15) is 0 Å². The number of benzene rings is 2. The molecule has 2 atom stereocenters. The van der Waals surface area contributed by atoms with Crippen molar-refractivity contribution in [2.75, 3.05) is 5.32 Å². The second kappa shape index (κ2) is 6.14. The Kier molecular flexibility index (Phi) is 3.44. The van der Waals surface area contributed by atoms with Crippen molar-refractivity contribution in [2.24, 2.45) is 5.92 Å². The lowest BCUT2D eigenvalue weighted by atomic mass is 9.66. The number of nitrogens with zero attached hydrogens (tertiary/aromatic N) is 1. The first-order valence-corrected chi connectivity index (χ1v) is 9.86. The van der Waals surface area contributed by atoms with Crippen molar-refractivity contribution in [3.05, 3.63) is 107 Å². The molecule has 1 amide bonds. The highest BCUT2D eigenvalue weighted by atomic mass is 16.1. The number of hydrogen-bond donors (Lipinski definition) is 1. The molecule has 0 aliphatic heterocycles. The standard InChI is InChI=1S/C26H18N2O/c29-26(28-22-8-2-6-19-7-3-15-27-25(19)22)21-14-12-18-10-9-16-4-1-5-17-11-13-20(21)24(18)23(16)17/h1-15,20,24H,(H,28,29). The number of carbonyl (C=O) groups is 1. The fourth-order valence-electron chi connectivity index (χ4n) is 4.78. The van der Waals surface area contributed by atoms with E-state index < -0.39 is 0 Å². The van der Waals surface area contributed by atoms with Gasteiger partial charge in [-0.15, -0.1) is 0 Å². The molecule has 3 nitrogen and oxygen atoms in total. The van der Waals surface area contributed by atoms with Crippen molar-refractivity contribution >= 4 is 34.6 Å². The van der Waals surface area contributed by atoms with Crippen LogP contribution in [0.25, 0.3) is 23.1 Å². The van der Waals surface area contributed by atoms with Crippen LogP contribution >= 0.6 is 0 Å². The molecule has 0 saturated carbocycles. The number of nitrogens with one attached hydrogen (secondary N) is 1. The van der Waals surface area contributed by atoms with Gasteiger partial charge in [0.15, 0.2) is 0 Å². The van der Waals surface area contributed by atoms with E-state index in [0.29, 0.717) is 0 Å². The van der Waals surface area contributed by atoms with Crippen molar-refractivity contribution < 1.29 is 4.79 Å². The summed E-state index contributed by atoms with van der Waals surface area (Å²) in [5, 5.41) is 4.12. The summed E-state index contributed by atoms with van der Waals surface area (Å²) in [5.74, 6) is 0.174. The van der Waals surface area contributed by atoms with E-state index >= 15 is 0 Å². The zero-order valence-electron chi connectivity index (χ0n) is 15.7. The Morgan fingerprint density at radius 1 is 0.897 bits per heavy atom. The van der Waals surface area contributed by atoms with Crippen LogP contribution in [0.5, 0.6) is 0 Å². The van der Waals surface area contributed by atoms with Crippen molar-refractivity contribution in [1.82, 2.24) is 4.98 Å². The van der Waals surface area contributed by atoms with Crippen LogP contribution in [0.1, 0.15) is 22.6 Å². The molecule has 0 radical (unpaired) electrons. The molecule has 2 aromatic carbocycles. The molecule has 3 aliphatic rings. The molecule has 2 unspecified atom stereocenters. The van der Waals surface area contributed by atoms with Gasteiger partial charge in [-0.3, -0.25) is 9.78 Å². The fraction of sp³-hybridized carbons (Fsp3) is 0.0769. The predicted molar refractivity (Wildman–Crippen MR) is 117 cm³/mol. The maximum atomic E-state index is 13.3. The van der Waals surface area contributed by atoms with Gasteiger partial charge in [0.2, 0.25) is 0 Å². The second-order valence-corrected chi connectivity index (χ2v) is 7.67. The number of aromatic nitrogens is 1. The molecule has 0 saturated heterocycles. The first kappa shape index (κ1) is 16.3. The molecule has 1 heterocycles. The maximum Gasteiger partial charge on any atom is 0.252 e. The quantitative estimate of drug-likeness (QED) is 0.644. The minimum Gasteiger partial charge on any atom is -0.320 e. The van der Waals surface area contributed by atoms with Gasteiger partial charge in [0, 0.05) is 29.0 Å². The van der Waals surface area contributed by atoms with Gasteiger partial charge in [0.1, 0.15) is 0 Å². The highest BCUT2D eigenvalue weighted by Gasteiger charge is 2.37. The fourth-order valence-corrected chi connectivity index (χ4v) is 4.78. The molecule has 0 fully saturated rings. The molecule has 138 valence electrons. The van der Waals surface area contributed by atoms with Crippen LogP contribution in [0.2, 0.25) is 0 Å². The van der Waals surface area contributed by atoms with Gasteiger partial charge < -0.3 is 5.32 Å². The molecular formula is C26H18N2O. The Hall–Kier alpha value is -3.72. The lowest BCUT2D eigenvalue weighted by Gasteiger charge is -2.37. The van der Waals surface area contributed by atoms with Crippen molar-refractivity contribution in [2.45, 2.75) is 5.92 Å². The third-order valence-corrected chi connectivity index (χ3v) is 6.10. The Labute approximate surface area is 168 Å². The van der Waals surface area contributed by atoms with E-state index in [-0.39, 0.29) is 17.7 Å². The van der Waals surface area contributed by atoms with Gasteiger partial charge in [-0.1, -0.05) is 72.9 Å². The summed E-state index contributed by atoms with van der Waals surface area (Å²) >= 11 is 0. The van der Waals surface area contributed by atoms with Crippen LogP contribution in [-0.4, -0.2) is 10.9 Å². The molecule has 3 heteroatoms. The molecule has 3 aliphatic carbocycles. The van der Waals surface area contributed by atoms with Gasteiger partial charge in [-0.25, -0.2) is 0 Å². The molecule has 0 bridgehead atoms. The van der Waals surface area contributed by atoms with Crippen LogP contribution in [0.15, 0.2) is 90.2 Å². The summed E-state index contributed by atoms with van der Waals surface area (Å²) in [7, 11) is 0. The summed E-state index contributed by atoms with van der Waals surface area (Å²) in [6, 6.07) is 16.2. The molecule has 1 aromatic heterocycles. The average Bonchev–Trinajstić information content (AvgIpc) is 2.77. The lowest BCUT2D eigenvalue weighted by Crippen LogP contribution is -2.29. The van der Waals surface area contributed by atoms with Gasteiger partial charge in [-0.05, 0) is 34.4 Å². The van der Waals surface area contributed by atoms with Gasteiger partial charge in [0.25, 0.3) is 5.91 Å². The molecular weight excluding hydrogens is 356 g/mol.